The molecule has 0 spiro atoms. The van der Waals surface area contributed by atoms with E-state index in [2.05, 4.69) is 39.7 Å². The smallest absolute Gasteiger partial charge is 0.191 e. The number of guanidine groups is 1. The molecular weight excluding hydrogens is 402 g/mol. The van der Waals surface area contributed by atoms with Gasteiger partial charge in [0.1, 0.15) is 0 Å². The Morgan fingerprint density at radius 2 is 2.00 bits per heavy atom. The summed E-state index contributed by atoms with van der Waals surface area (Å²) >= 11 is 5.56. The molecule has 0 radical (unpaired) electrons. The summed E-state index contributed by atoms with van der Waals surface area (Å²) in [7, 11) is 3.28. The molecule has 2 N–H and O–H groups in total. The van der Waals surface area contributed by atoms with Gasteiger partial charge in [-0.3, -0.25) is 0 Å². The number of rotatable bonds is 7. The average molecular weight is 430 g/mol. The highest BCUT2D eigenvalue weighted by molar-refractivity contribution is 9.10. The first-order valence-corrected chi connectivity index (χ1v) is 10.7. The molecule has 0 saturated heterocycles. The number of nitrogens with zero attached hydrogens (tertiary/aromatic N) is 1. The number of thioether (sulfide) groups is 1. The molecule has 7 heteroatoms. The third-order valence-corrected chi connectivity index (χ3v) is 6.20. The summed E-state index contributed by atoms with van der Waals surface area (Å²) in [5, 5.41) is 7.68. The Balaban J connectivity index is 2.08. The van der Waals surface area contributed by atoms with Gasteiger partial charge in [0, 0.05) is 22.3 Å². The van der Waals surface area contributed by atoms with Gasteiger partial charge in [-0.15, -0.1) is 0 Å². The zero-order valence-electron chi connectivity index (χ0n) is 15.4. The molecule has 1 aromatic rings. The van der Waals surface area contributed by atoms with E-state index in [1.807, 2.05) is 23.9 Å². The van der Waals surface area contributed by atoms with E-state index < -0.39 is 0 Å². The summed E-state index contributed by atoms with van der Waals surface area (Å²) in [5.74, 6) is 2.30. The number of halogens is 1. The number of hydrogen-bond donors (Lipinski definition) is 2. The highest BCUT2D eigenvalue weighted by Crippen LogP contribution is 2.33. The highest BCUT2D eigenvalue weighted by Gasteiger charge is 2.24. The molecule has 140 valence electrons. The van der Waals surface area contributed by atoms with Crippen molar-refractivity contribution in [1.29, 1.82) is 0 Å². The van der Waals surface area contributed by atoms with E-state index in [1.54, 1.807) is 14.2 Å². The van der Waals surface area contributed by atoms with E-state index in [0.717, 1.165) is 27.8 Å². The van der Waals surface area contributed by atoms with Crippen LogP contribution in [0.25, 0.3) is 0 Å². The monoisotopic (exact) mass is 429 g/mol. The molecule has 2 atom stereocenters. The van der Waals surface area contributed by atoms with Crippen molar-refractivity contribution < 1.29 is 9.47 Å². The number of aliphatic imine (C=N–C) groups is 1. The molecule has 0 bridgehead atoms. The van der Waals surface area contributed by atoms with Gasteiger partial charge in [0.2, 0.25) is 0 Å². The van der Waals surface area contributed by atoms with Crippen molar-refractivity contribution in [3.63, 3.8) is 0 Å². The van der Waals surface area contributed by atoms with Crippen molar-refractivity contribution >= 4 is 33.7 Å². The van der Waals surface area contributed by atoms with E-state index in [0.29, 0.717) is 24.1 Å². The maximum atomic E-state index is 5.39. The first kappa shape index (κ1) is 20.2. The van der Waals surface area contributed by atoms with Crippen LogP contribution in [0.1, 0.15) is 31.7 Å². The van der Waals surface area contributed by atoms with Gasteiger partial charge in [-0.25, -0.2) is 4.99 Å². The van der Waals surface area contributed by atoms with Crippen LogP contribution < -0.4 is 20.1 Å². The largest absolute Gasteiger partial charge is 0.493 e. The van der Waals surface area contributed by atoms with Crippen LogP contribution in [0.15, 0.2) is 21.6 Å². The molecule has 1 saturated carbocycles. The van der Waals surface area contributed by atoms with Gasteiger partial charge in [0.25, 0.3) is 0 Å². The van der Waals surface area contributed by atoms with Crippen LogP contribution in [0.4, 0.5) is 0 Å². The van der Waals surface area contributed by atoms with Crippen molar-refractivity contribution in [1.82, 2.24) is 10.6 Å². The van der Waals surface area contributed by atoms with Crippen LogP contribution in [0.2, 0.25) is 0 Å². The van der Waals surface area contributed by atoms with Crippen LogP contribution in [0.3, 0.4) is 0 Å². The maximum absolute atomic E-state index is 5.39. The Morgan fingerprint density at radius 1 is 1.28 bits per heavy atom. The maximum Gasteiger partial charge on any atom is 0.191 e. The van der Waals surface area contributed by atoms with E-state index in [-0.39, 0.29) is 0 Å². The fourth-order valence-corrected chi connectivity index (χ4v) is 4.22. The number of nitrogens with one attached hydrogen (secondary N) is 2. The standard InChI is InChI=1S/C18H28BrN3O2S/c1-5-20-18(22-13-6-7-14(9-13)25-4)21-11-12-8-16(23-2)17(24-3)10-15(12)19/h8,10,13-14H,5-7,9,11H2,1-4H3,(H2,20,21,22). The minimum absolute atomic E-state index is 0.504. The topological polar surface area (TPSA) is 54.9 Å². The quantitative estimate of drug-likeness (QED) is 0.509. The van der Waals surface area contributed by atoms with E-state index in [1.165, 1.54) is 19.3 Å². The zero-order valence-corrected chi connectivity index (χ0v) is 17.8. The number of benzene rings is 1. The summed E-state index contributed by atoms with van der Waals surface area (Å²) in [4.78, 5) is 4.75. The first-order chi connectivity index (χ1) is 12.1. The lowest BCUT2D eigenvalue weighted by Gasteiger charge is -2.17. The highest BCUT2D eigenvalue weighted by atomic mass is 79.9. The van der Waals surface area contributed by atoms with Crippen molar-refractivity contribution in [2.45, 2.75) is 44.0 Å². The lowest BCUT2D eigenvalue weighted by molar-refractivity contribution is 0.354. The van der Waals surface area contributed by atoms with Crippen LogP contribution in [-0.2, 0) is 6.54 Å². The molecule has 0 aliphatic heterocycles. The van der Waals surface area contributed by atoms with E-state index in [9.17, 15) is 0 Å². The fraction of sp³-hybridized carbons (Fsp3) is 0.611. The van der Waals surface area contributed by atoms with Gasteiger partial charge < -0.3 is 20.1 Å². The third kappa shape index (κ3) is 5.71. The minimum atomic E-state index is 0.504. The summed E-state index contributed by atoms with van der Waals surface area (Å²) in [6.07, 6.45) is 5.88. The molecule has 1 fully saturated rings. The SMILES string of the molecule is CCNC(=NCc1cc(OC)c(OC)cc1Br)NC1CCC(SC)C1. The normalized spacial score (nSPS) is 20.4. The molecule has 25 heavy (non-hydrogen) atoms. The average Bonchev–Trinajstić information content (AvgIpc) is 3.08. The molecule has 0 amide bonds. The lowest BCUT2D eigenvalue weighted by atomic mass is 10.2. The molecule has 2 unspecified atom stereocenters. The van der Waals surface area contributed by atoms with Crippen molar-refractivity contribution in [3.8, 4) is 11.5 Å². The Bertz CT molecular complexity index is 598. The third-order valence-electron chi connectivity index (χ3n) is 4.36. The van der Waals surface area contributed by atoms with Gasteiger partial charge in [-0.2, -0.15) is 11.8 Å². The van der Waals surface area contributed by atoms with Crippen molar-refractivity contribution in [3.05, 3.63) is 22.2 Å². The Kier molecular flexibility index (Phi) is 8.22. The van der Waals surface area contributed by atoms with Gasteiger partial charge >= 0.3 is 0 Å². The lowest BCUT2D eigenvalue weighted by Crippen LogP contribution is -2.42. The second-order valence-electron chi connectivity index (χ2n) is 6.01. The number of hydrogen-bond acceptors (Lipinski definition) is 4. The predicted molar refractivity (Wildman–Crippen MR) is 110 cm³/mol. The molecular formula is C18H28BrN3O2S. The molecule has 0 heterocycles. The Hall–Kier alpha value is -1.08. The van der Waals surface area contributed by atoms with Crippen molar-refractivity contribution in [2.24, 2.45) is 4.99 Å². The Labute approximate surface area is 163 Å². The number of methoxy groups -OCH3 is 2. The molecule has 5 nitrogen and oxygen atoms in total. The predicted octanol–water partition coefficient (Wildman–Crippen LogP) is 3.81. The first-order valence-electron chi connectivity index (χ1n) is 8.59. The summed E-state index contributed by atoms with van der Waals surface area (Å²) in [6.45, 7) is 3.50. The van der Waals surface area contributed by atoms with Crippen LogP contribution in [-0.4, -0.2) is 44.3 Å². The molecule has 1 aliphatic carbocycles. The van der Waals surface area contributed by atoms with Crippen molar-refractivity contribution in [2.75, 3.05) is 27.0 Å². The van der Waals surface area contributed by atoms with Gasteiger partial charge in [-0.05, 0) is 50.1 Å². The Morgan fingerprint density at radius 3 is 2.60 bits per heavy atom. The second-order valence-corrected chi connectivity index (χ2v) is 8.00. The minimum Gasteiger partial charge on any atom is -0.493 e. The second kappa shape index (κ2) is 10.2. The van der Waals surface area contributed by atoms with Crippen LogP contribution in [0, 0.1) is 0 Å². The van der Waals surface area contributed by atoms with E-state index in [4.69, 9.17) is 14.5 Å². The summed E-state index contributed by atoms with van der Waals surface area (Å²) in [5.41, 5.74) is 1.06. The molecule has 1 aliphatic rings. The van der Waals surface area contributed by atoms with Gasteiger partial charge in [0.05, 0.1) is 20.8 Å². The summed E-state index contributed by atoms with van der Waals surface area (Å²) in [6, 6.07) is 4.39. The molecule has 0 aromatic heterocycles. The fourth-order valence-electron chi connectivity index (χ4n) is 2.98. The van der Waals surface area contributed by atoms with Gasteiger partial charge in [0.15, 0.2) is 17.5 Å². The van der Waals surface area contributed by atoms with Gasteiger partial charge in [-0.1, -0.05) is 15.9 Å². The van der Waals surface area contributed by atoms with Crippen LogP contribution >= 0.6 is 27.7 Å². The molecule has 1 aromatic carbocycles. The zero-order chi connectivity index (χ0) is 18.2. The van der Waals surface area contributed by atoms with E-state index >= 15 is 0 Å². The molecule has 2 rings (SSSR count). The number of ether oxygens (including phenoxy) is 2. The van der Waals surface area contributed by atoms with Crippen LogP contribution in [0.5, 0.6) is 11.5 Å². The summed E-state index contributed by atoms with van der Waals surface area (Å²) < 4.78 is 11.7.